The number of ether oxygens (including phenoxy) is 2. The third kappa shape index (κ3) is 4.85. The van der Waals surface area contributed by atoms with Crippen LogP contribution in [0.3, 0.4) is 0 Å². The molecule has 0 bridgehead atoms. The number of sulfone groups is 1. The Labute approximate surface area is 181 Å². The molecule has 1 aliphatic carbocycles. The molecule has 7 nitrogen and oxygen atoms in total. The largest absolute Gasteiger partial charge is 0.493 e. The lowest BCUT2D eigenvalue weighted by Gasteiger charge is -2.17. The average Bonchev–Trinajstić information content (AvgIpc) is 3.35. The van der Waals surface area contributed by atoms with Gasteiger partial charge in [0.05, 0.1) is 19.0 Å². The Morgan fingerprint density at radius 3 is 2.58 bits per heavy atom. The van der Waals surface area contributed by atoms with Gasteiger partial charge in [0, 0.05) is 29.0 Å². The minimum atomic E-state index is -3.37. The summed E-state index contributed by atoms with van der Waals surface area (Å²) in [5, 5.41) is 3.41. The van der Waals surface area contributed by atoms with Gasteiger partial charge in [-0.25, -0.2) is 8.42 Å². The van der Waals surface area contributed by atoms with Crippen molar-refractivity contribution in [2.24, 2.45) is 0 Å². The lowest BCUT2D eigenvalue weighted by molar-refractivity contribution is 0.0998. The average molecular weight is 444 g/mol. The van der Waals surface area contributed by atoms with Crippen molar-refractivity contribution < 1.29 is 27.1 Å². The van der Waals surface area contributed by atoms with E-state index in [9.17, 15) is 13.2 Å². The van der Waals surface area contributed by atoms with E-state index in [0.29, 0.717) is 33.7 Å². The highest BCUT2D eigenvalue weighted by atomic mass is 32.2. The zero-order chi connectivity index (χ0) is 22.0. The molecule has 1 aliphatic rings. The molecule has 2 aromatic carbocycles. The zero-order valence-corrected chi connectivity index (χ0v) is 18.3. The van der Waals surface area contributed by atoms with Crippen molar-refractivity contribution in [1.82, 2.24) is 0 Å². The van der Waals surface area contributed by atoms with Crippen LogP contribution in [0.4, 0.5) is 5.69 Å². The van der Waals surface area contributed by atoms with E-state index in [2.05, 4.69) is 5.32 Å². The van der Waals surface area contributed by atoms with Gasteiger partial charge in [0.15, 0.2) is 27.1 Å². The summed E-state index contributed by atoms with van der Waals surface area (Å²) in [4.78, 5) is 13.0. The third-order valence-corrected chi connectivity index (χ3v) is 6.14. The molecule has 3 aromatic rings. The van der Waals surface area contributed by atoms with E-state index < -0.39 is 15.7 Å². The number of hydrogen-bond acceptors (Lipinski definition) is 6. The number of carbonyl (C=O) groups excluding carboxylic acids is 1. The highest BCUT2D eigenvalue weighted by Crippen LogP contribution is 2.34. The Morgan fingerprint density at radius 2 is 1.87 bits per heavy atom. The van der Waals surface area contributed by atoms with Crippen LogP contribution >= 0.6 is 0 Å². The number of anilines is 1. The topological polar surface area (TPSA) is 94.8 Å². The number of hydrogen-bond donors (Lipinski definition) is 1. The van der Waals surface area contributed by atoms with Crippen LogP contribution in [0.5, 0.6) is 11.5 Å². The second-order valence-corrected chi connectivity index (χ2v) is 9.96. The van der Waals surface area contributed by atoms with Crippen LogP contribution < -0.4 is 14.8 Å². The van der Waals surface area contributed by atoms with Crippen LogP contribution in [-0.2, 0) is 15.6 Å². The van der Waals surface area contributed by atoms with Crippen LogP contribution in [-0.4, -0.2) is 33.8 Å². The Hall–Kier alpha value is -3.00. The molecule has 1 fully saturated rings. The fraction of sp³-hybridized carbons (Fsp3) is 0.348. The van der Waals surface area contributed by atoms with Gasteiger partial charge >= 0.3 is 0 Å². The molecule has 0 unspecified atom stereocenters. The maximum Gasteiger partial charge on any atom is 0.291 e. The maximum atomic E-state index is 13.0. The number of carbonyl (C=O) groups is 1. The van der Waals surface area contributed by atoms with Crippen molar-refractivity contribution in [1.29, 1.82) is 0 Å². The Bertz CT molecular complexity index is 1210. The quantitative estimate of drug-likeness (QED) is 0.575. The maximum absolute atomic E-state index is 13.0. The summed E-state index contributed by atoms with van der Waals surface area (Å²) >= 11 is 0. The van der Waals surface area contributed by atoms with Crippen molar-refractivity contribution in [3.05, 3.63) is 53.8 Å². The highest BCUT2D eigenvalue weighted by Gasteiger charge is 2.24. The summed E-state index contributed by atoms with van der Waals surface area (Å²) in [6.07, 6.45) is 5.53. The van der Waals surface area contributed by atoms with Crippen molar-refractivity contribution in [3.8, 4) is 11.5 Å². The minimum absolute atomic E-state index is 0.0132. The van der Waals surface area contributed by atoms with Crippen molar-refractivity contribution in [3.63, 3.8) is 0 Å². The van der Waals surface area contributed by atoms with Gasteiger partial charge in [-0.15, -0.1) is 0 Å². The second-order valence-electron chi connectivity index (χ2n) is 7.82. The number of methoxy groups -OCH3 is 1. The molecule has 0 aliphatic heterocycles. The van der Waals surface area contributed by atoms with E-state index in [1.54, 1.807) is 49.6 Å². The molecule has 0 saturated heterocycles. The number of amides is 1. The first kappa shape index (κ1) is 21.2. The van der Waals surface area contributed by atoms with Crippen LogP contribution in [0.1, 0.15) is 41.8 Å². The third-order valence-electron chi connectivity index (χ3n) is 5.33. The van der Waals surface area contributed by atoms with Gasteiger partial charge < -0.3 is 19.2 Å². The predicted molar refractivity (Wildman–Crippen MR) is 119 cm³/mol. The second kappa shape index (κ2) is 8.63. The van der Waals surface area contributed by atoms with Gasteiger partial charge in [0.1, 0.15) is 5.58 Å². The Morgan fingerprint density at radius 1 is 1.13 bits per heavy atom. The number of rotatable bonds is 7. The van der Waals surface area contributed by atoms with Crippen molar-refractivity contribution >= 4 is 32.4 Å². The summed E-state index contributed by atoms with van der Waals surface area (Å²) in [5.41, 5.74) is 1.32. The first-order valence-electron chi connectivity index (χ1n) is 10.2. The molecule has 1 saturated carbocycles. The van der Waals surface area contributed by atoms with Crippen LogP contribution in [0.15, 0.2) is 46.9 Å². The molecule has 0 atom stereocenters. The van der Waals surface area contributed by atoms with Gasteiger partial charge in [-0.3, -0.25) is 4.79 Å². The van der Waals surface area contributed by atoms with Crippen LogP contribution in [0.2, 0.25) is 0 Å². The summed E-state index contributed by atoms with van der Waals surface area (Å²) in [7, 11) is -1.80. The summed E-state index contributed by atoms with van der Waals surface area (Å²) in [6, 6.07) is 12.2. The first-order chi connectivity index (χ1) is 14.8. The first-order valence-corrected chi connectivity index (χ1v) is 12.2. The monoisotopic (exact) mass is 443 g/mol. The van der Waals surface area contributed by atoms with E-state index in [4.69, 9.17) is 13.9 Å². The van der Waals surface area contributed by atoms with Gasteiger partial charge in [0.25, 0.3) is 5.91 Å². The summed E-state index contributed by atoms with van der Waals surface area (Å²) in [6.45, 7) is 0. The van der Waals surface area contributed by atoms with Crippen molar-refractivity contribution in [2.75, 3.05) is 18.7 Å². The van der Waals surface area contributed by atoms with E-state index in [1.165, 1.54) is 0 Å². The minimum Gasteiger partial charge on any atom is -0.493 e. The molecular formula is C23H25NO6S. The van der Waals surface area contributed by atoms with Crippen LogP contribution in [0, 0.1) is 0 Å². The normalized spacial score (nSPS) is 14.6. The van der Waals surface area contributed by atoms with Gasteiger partial charge in [-0.2, -0.15) is 0 Å². The number of para-hydroxylation sites is 1. The fourth-order valence-corrected chi connectivity index (χ4v) is 4.72. The molecule has 0 spiro atoms. The molecule has 1 N–H and O–H groups in total. The zero-order valence-electron chi connectivity index (χ0n) is 17.5. The van der Waals surface area contributed by atoms with E-state index in [-0.39, 0.29) is 17.6 Å². The smallest absolute Gasteiger partial charge is 0.291 e. The van der Waals surface area contributed by atoms with Crippen LogP contribution in [0.25, 0.3) is 11.0 Å². The molecule has 1 aromatic heterocycles. The Balaban J connectivity index is 1.63. The molecule has 1 amide bonds. The number of nitrogens with one attached hydrogen (secondary N) is 1. The van der Waals surface area contributed by atoms with Gasteiger partial charge in [-0.05, 0) is 43.9 Å². The molecule has 31 heavy (non-hydrogen) atoms. The van der Waals surface area contributed by atoms with Gasteiger partial charge in [0.2, 0.25) is 0 Å². The van der Waals surface area contributed by atoms with E-state index in [1.807, 2.05) is 0 Å². The fourth-order valence-electron chi connectivity index (χ4n) is 3.91. The standard InChI is InChI=1S/C23H25NO6S/c1-28-20-12-11-15(13-21(20)29-16-7-3-4-8-16)24-23(25)22-18(14-31(2,26)27)17-9-5-6-10-19(17)30-22/h5-6,9-13,16H,3-4,7-8,14H2,1-2H3,(H,24,25). The lowest BCUT2D eigenvalue weighted by atomic mass is 10.1. The molecule has 0 radical (unpaired) electrons. The number of benzene rings is 2. The predicted octanol–water partition coefficient (Wildman–Crippen LogP) is 4.56. The number of furan rings is 1. The van der Waals surface area contributed by atoms with Crippen molar-refractivity contribution in [2.45, 2.75) is 37.5 Å². The molecule has 164 valence electrons. The number of fused-ring (bicyclic) bond motifs is 1. The Kier molecular flexibility index (Phi) is 5.91. The SMILES string of the molecule is COc1ccc(NC(=O)c2oc3ccccc3c2CS(C)(=O)=O)cc1OC1CCCC1. The molecule has 4 rings (SSSR count). The summed E-state index contributed by atoms with van der Waals surface area (Å²) in [5.74, 6) is 0.331. The van der Waals surface area contributed by atoms with Gasteiger partial charge in [-0.1, -0.05) is 18.2 Å². The molecule has 8 heteroatoms. The molecule has 1 heterocycles. The molecular weight excluding hydrogens is 418 g/mol. The van der Waals surface area contributed by atoms with E-state index in [0.717, 1.165) is 31.9 Å². The highest BCUT2D eigenvalue weighted by molar-refractivity contribution is 7.89. The van der Waals surface area contributed by atoms with E-state index >= 15 is 0 Å². The lowest BCUT2D eigenvalue weighted by Crippen LogP contribution is -2.15. The summed E-state index contributed by atoms with van der Waals surface area (Å²) < 4.78 is 41.1.